The van der Waals surface area contributed by atoms with E-state index in [4.69, 9.17) is 0 Å². The van der Waals surface area contributed by atoms with E-state index in [2.05, 4.69) is 15.6 Å². The van der Waals surface area contributed by atoms with Crippen molar-refractivity contribution in [2.24, 2.45) is 0 Å². The van der Waals surface area contributed by atoms with Crippen molar-refractivity contribution in [2.45, 2.75) is 69.8 Å². The summed E-state index contributed by atoms with van der Waals surface area (Å²) < 4.78 is 0. The van der Waals surface area contributed by atoms with Gasteiger partial charge in [0.25, 0.3) is 5.91 Å². The summed E-state index contributed by atoms with van der Waals surface area (Å²) >= 11 is 0. The van der Waals surface area contributed by atoms with Crippen molar-refractivity contribution in [3.63, 3.8) is 0 Å². The number of hydrogen-bond acceptors (Lipinski definition) is 9. The number of pyridine rings is 1. The lowest BCUT2D eigenvalue weighted by atomic mass is 10.0. The number of carboxylic acids is 1. The molecule has 0 bridgehead atoms. The molecule has 0 aliphatic carbocycles. The summed E-state index contributed by atoms with van der Waals surface area (Å²) in [4.78, 5) is 73.5. The maximum Gasteiger partial charge on any atom is 0.326 e. The molecule has 5 N–H and O–H groups in total. The number of carbonyl (C=O) groups excluding carboxylic acids is 4. The number of anilines is 1. The number of aliphatic hydroxyl groups excluding tert-OH is 1. The molecule has 0 radical (unpaired) electrons. The Kier molecular flexibility index (Phi) is 11.8. The normalized spacial score (nSPS) is 17.0. The maximum atomic E-state index is 13.6. The molecule has 45 heavy (non-hydrogen) atoms. The van der Waals surface area contributed by atoms with Gasteiger partial charge in [0, 0.05) is 46.0 Å². The van der Waals surface area contributed by atoms with Crippen molar-refractivity contribution >= 4 is 35.3 Å². The molecule has 1 saturated heterocycles. The lowest BCUT2D eigenvalue weighted by Crippen LogP contribution is -2.59. The average Bonchev–Trinajstić information content (AvgIpc) is 3.50. The minimum absolute atomic E-state index is 0.0717. The number of amides is 4. The summed E-state index contributed by atoms with van der Waals surface area (Å²) in [5.41, 5.74) is 1.34. The molecule has 14 nitrogen and oxygen atoms in total. The second kappa shape index (κ2) is 15.3. The van der Waals surface area contributed by atoms with Crippen molar-refractivity contribution in [2.75, 3.05) is 32.6 Å². The Morgan fingerprint density at radius 2 is 1.73 bits per heavy atom. The first-order valence-electron chi connectivity index (χ1n) is 14.8. The molecular weight excluding hydrogens is 584 g/mol. The topological polar surface area (TPSA) is 193 Å². The van der Waals surface area contributed by atoms with Crippen LogP contribution in [-0.2, 0) is 25.6 Å². The molecule has 1 aliphatic heterocycles. The van der Waals surface area contributed by atoms with Gasteiger partial charge >= 0.3 is 5.97 Å². The van der Waals surface area contributed by atoms with Crippen molar-refractivity contribution in [1.29, 1.82) is 0 Å². The molecule has 244 valence electrons. The Morgan fingerprint density at radius 1 is 1.07 bits per heavy atom. The van der Waals surface area contributed by atoms with Crippen LogP contribution < -0.4 is 15.5 Å². The van der Waals surface area contributed by atoms with Crippen LogP contribution in [0.15, 0.2) is 42.6 Å². The summed E-state index contributed by atoms with van der Waals surface area (Å²) in [5.74, 6) is -4.41. The number of likely N-dealkylation sites (tertiary alicyclic amines) is 1. The lowest BCUT2D eigenvalue weighted by molar-refractivity contribution is -0.153. The molecule has 1 aromatic heterocycles. The van der Waals surface area contributed by atoms with Crippen LogP contribution in [0.1, 0.15) is 49.2 Å². The molecule has 1 fully saturated rings. The monoisotopic (exact) mass is 626 g/mol. The minimum atomic E-state index is -1.48. The third-order valence-corrected chi connectivity index (χ3v) is 7.88. The van der Waals surface area contributed by atoms with Crippen LogP contribution in [0.25, 0.3) is 0 Å². The molecule has 0 unspecified atom stereocenters. The fraction of sp³-hybridized carbons (Fsp3) is 0.484. The number of nitrogens with one attached hydrogen (secondary N) is 2. The van der Waals surface area contributed by atoms with E-state index in [1.54, 1.807) is 6.92 Å². The Balaban J connectivity index is 1.71. The van der Waals surface area contributed by atoms with Crippen LogP contribution in [0.2, 0.25) is 0 Å². The van der Waals surface area contributed by atoms with Crippen LogP contribution in [0.4, 0.5) is 5.69 Å². The van der Waals surface area contributed by atoms with Gasteiger partial charge in [0.2, 0.25) is 17.7 Å². The maximum absolute atomic E-state index is 13.6. The molecule has 1 aromatic carbocycles. The van der Waals surface area contributed by atoms with Crippen LogP contribution in [0.3, 0.4) is 0 Å². The zero-order valence-corrected chi connectivity index (χ0v) is 26.1. The van der Waals surface area contributed by atoms with Crippen molar-refractivity contribution in [3.8, 4) is 5.75 Å². The van der Waals surface area contributed by atoms with E-state index < -0.39 is 65.6 Å². The number of benzene rings is 1. The Hall–Kier alpha value is -4.72. The smallest absolute Gasteiger partial charge is 0.326 e. The number of carboxylic acid groups (broad SMARTS) is 1. The van der Waals surface area contributed by atoms with Crippen LogP contribution in [0.5, 0.6) is 5.75 Å². The highest BCUT2D eigenvalue weighted by molar-refractivity contribution is 5.99. The molecule has 5 atom stereocenters. The standard InChI is InChI=1S/C31H42N6O8/c1-6-21(33-27(40)25(18(2)38)34-28(41)26-24(39)10-7-15-32-26)29(42)37-16-8-9-22(37)30(43)36(5)23(31(44)45)17-19-11-13-20(14-12-19)35(3)4/h7,10-15,18,21-23,25,38-39H,6,8-9,16-17H2,1-5H3,(H,33,40)(H,34,41)(H,44,45)/t18-,21+,22-,23-,25-/m0/s1. The Labute approximate surface area is 262 Å². The second-order valence-corrected chi connectivity index (χ2v) is 11.3. The SMILES string of the molecule is CC[C@@H](NC(=O)[C@@H](NC(=O)c1ncccc1O)[C@H](C)O)C(=O)N1CCC[C@H]1C(=O)N(C)[C@@H](Cc1ccc(N(C)C)cc1)C(=O)O. The number of aliphatic hydroxyl groups is 1. The largest absolute Gasteiger partial charge is 0.505 e. The third kappa shape index (κ3) is 8.47. The zero-order chi connectivity index (χ0) is 33.4. The number of rotatable bonds is 13. The number of hydrogen-bond donors (Lipinski definition) is 5. The predicted molar refractivity (Wildman–Crippen MR) is 164 cm³/mol. The molecule has 1 aliphatic rings. The molecule has 2 aromatic rings. The first-order valence-corrected chi connectivity index (χ1v) is 14.8. The summed E-state index contributed by atoms with van der Waals surface area (Å²) in [5, 5.41) is 35.1. The van der Waals surface area contributed by atoms with Crippen molar-refractivity contribution in [1.82, 2.24) is 25.4 Å². The van der Waals surface area contributed by atoms with Crippen LogP contribution >= 0.6 is 0 Å². The van der Waals surface area contributed by atoms with Gasteiger partial charge in [-0.1, -0.05) is 19.1 Å². The highest BCUT2D eigenvalue weighted by atomic mass is 16.4. The number of nitrogens with zero attached hydrogens (tertiary/aromatic N) is 4. The molecule has 14 heteroatoms. The van der Waals surface area contributed by atoms with Gasteiger partial charge in [-0.15, -0.1) is 0 Å². The lowest BCUT2D eigenvalue weighted by Gasteiger charge is -2.33. The first kappa shape index (κ1) is 34.8. The molecule has 3 rings (SSSR count). The first-order chi connectivity index (χ1) is 21.3. The Morgan fingerprint density at radius 3 is 2.29 bits per heavy atom. The number of aliphatic carboxylic acids is 1. The van der Waals surface area contributed by atoms with E-state index in [9.17, 15) is 39.3 Å². The van der Waals surface area contributed by atoms with Gasteiger partial charge in [-0.2, -0.15) is 0 Å². The van der Waals surface area contributed by atoms with Crippen LogP contribution in [-0.4, -0.2) is 118 Å². The van der Waals surface area contributed by atoms with Gasteiger partial charge in [0.15, 0.2) is 5.69 Å². The fourth-order valence-corrected chi connectivity index (χ4v) is 5.21. The van der Waals surface area contributed by atoms with E-state index in [1.165, 1.54) is 37.2 Å². The van der Waals surface area contributed by atoms with Gasteiger partial charge in [-0.25, -0.2) is 9.78 Å². The minimum Gasteiger partial charge on any atom is -0.505 e. The zero-order valence-electron chi connectivity index (χ0n) is 26.1. The molecule has 4 amide bonds. The molecule has 0 spiro atoms. The summed E-state index contributed by atoms with van der Waals surface area (Å²) in [6.07, 6.45) is 0.953. The quantitative estimate of drug-likeness (QED) is 0.208. The molecular formula is C31H42N6O8. The van der Waals surface area contributed by atoms with E-state index in [0.717, 1.165) is 16.2 Å². The van der Waals surface area contributed by atoms with Gasteiger partial charge in [-0.3, -0.25) is 19.2 Å². The second-order valence-electron chi connectivity index (χ2n) is 11.3. The molecule has 0 saturated carbocycles. The van der Waals surface area contributed by atoms with Gasteiger partial charge in [0.05, 0.1) is 6.10 Å². The molecule has 2 heterocycles. The highest BCUT2D eigenvalue weighted by Crippen LogP contribution is 2.23. The number of carbonyl (C=O) groups is 5. The average molecular weight is 627 g/mol. The number of aromatic nitrogens is 1. The number of aromatic hydroxyl groups is 1. The highest BCUT2D eigenvalue weighted by Gasteiger charge is 2.41. The van der Waals surface area contributed by atoms with Gasteiger partial charge in [0.1, 0.15) is 29.9 Å². The van der Waals surface area contributed by atoms with E-state index in [-0.39, 0.29) is 25.1 Å². The third-order valence-electron chi connectivity index (χ3n) is 7.88. The summed E-state index contributed by atoms with van der Waals surface area (Å²) in [7, 11) is 5.19. The van der Waals surface area contributed by atoms with E-state index in [1.807, 2.05) is 43.3 Å². The summed E-state index contributed by atoms with van der Waals surface area (Å²) in [6.45, 7) is 3.17. The Bertz CT molecular complexity index is 1380. The van der Waals surface area contributed by atoms with Gasteiger partial charge in [-0.05, 0) is 56.0 Å². The van der Waals surface area contributed by atoms with E-state index in [0.29, 0.717) is 12.8 Å². The van der Waals surface area contributed by atoms with Gasteiger partial charge < -0.3 is 40.7 Å². The number of likely N-dealkylation sites (N-methyl/N-ethyl adjacent to an activating group) is 1. The summed E-state index contributed by atoms with van der Waals surface area (Å²) in [6, 6.07) is 5.35. The van der Waals surface area contributed by atoms with E-state index >= 15 is 0 Å². The van der Waals surface area contributed by atoms with Crippen LogP contribution in [0, 0.1) is 0 Å². The predicted octanol–water partition coefficient (Wildman–Crippen LogP) is 0.373. The van der Waals surface area contributed by atoms with Crippen molar-refractivity contribution < 1.29 is 39.3 Å². The fourth-order valence-electron chi connectivity index (χ4n) is 5.21. The van der Waals surface area contributed by atoms with Crippen molar-refractivity contribution in [3.05, 3.63) is 53.9 Å².